The van der Waals surface area contributed by atoms with Gasteiger partial charge in [-0.1, -0.05) is 6.92 Å². The number of carboxylic acids is 1. The lowest BCUT2D eigenvalue weighted by Gasteiger charge is -2.14. The topological polar surface area (TPSA) is 111 Å². The molecule has 0 aliphatic rings. The number of rotatable bonds is 6. The van der Waals surface area contributed by atoms with Crippen LogP contribution in [0.15, 0.2) is 18.5 Å². The van der Waals surface area contributed by atoms with Crippen molar-refractivity contribution in [2.45, 2.75) is 26.3 Å². The summed E-state index contributed by atoms with van der Waals surface area (Å²) < 4.78 is 0. The van der Waals surface area contributed by atoms with E-state index in [0.717, 1.165) is 12.0 Å². The molecular weight excluding hydrogens is 272 g/mol. The molecule has 21 heavy (non-hydrogen) atoms. The summed E-state index contributed by atoms with van der Waals surface area (Å²) in [6.45, 7) is 3.81. The van der Waals surface area contributed by atoms with E-state index in [1.807, 2.05) is 13.8 Å². The van der Waals surface area contributed by atoms with Crippen LogP contribution in [0.4, 0.5) is 5.95 Å². The third-order valence-corrected chi connectivity index (χ3v) is 3.20. The van der Waals surface area contributed by atoms with Crippen LogP contribution >= 0.6 is 0 Å². The second-order valence-corrected chi connectivity index (χ2v) is 4.76. The van der Waals surface area contributed by atoms with E-state index in [-0.39, 0.29) is 18.3 Å². The highest BCUT2D eigenvalue weighted by Gasteiger charge is 2.13. The van der Waals surface area contributed by atoms with Crippen molar-refractivity contribution in [1.29, 1.82) is 0 Å². The number of aromatic nitrogens is 3. The molecule has 2 aromatic heterocycles. The molecule has 4 N–H and O–H groups in total. The smallest absolute Gasteiger partial charge is 0.352 e. The Hall–Kier alpha value is -2.41. The molecule has 2 heterocycles. The Labute approximate surface area is 122 Å². The number of nitrogens with one attached hydrogen (secondary N) is 2. The number of aromatic amines is 1. The van der Waals surface area contributed by atoms with E-state index in [4.69, 9.17) is 5.11 Å². The molecule has 2 rings (SSSR count). The molecule has 112 valence electrons. The van der Waals surface area contributed by atoms with Gasteiger partial charge in [-0.05, 0) is 25.0 Å². The highest BCUT2D eigenvalue weighted by Crippen LogP contribution is 2.23. The van der Waals surface area contributed by atoms with Crippen molar-refractivity contribution in [3.63, 3.8) is 0 Å². The monoisotopic (exact) mass is 290 g/mol. The van der Waals surface area contributed by atoms with Gasteiger partial charge in [0.25, 0.3) is 0 Å². The molecule has 0 aliphatic carbocycles. The molecule has 0 amide bonds. The van der Waals surface area contributed by atoms with Crippen LogP contribution in [0, 0.1) is 6.92 Å². The summed E-state index contributed by atoms with van der Waals surface area (Å²) in [5, 5.41) is 21.2. The number of nitrogens with zero attached hydrogens (tertiary/aromatic N) is 2. The van der Waals surface area contributed by atoms with E-state index in [1.165, 1.54) is 6.07 Å². The molecule has 1 atom stereocenters. The lowest BCUT2D eigenvalue weighted by Crippen LogP contribution is -2.24. The lowest BCUT2D eigenvalue weighted by molar-refractivity contribution is 0.0691. The van der Waals surface area contributed by atoms with Crippen LogP contribution in [0.5, 0.6) is 0 Å². The summed E-state index contributed by atoms with van der Waals surface area (Å²) in [6, 6.07) is 1.42. The van der Waals surface area contributed by atoms with Gasteiger partial charge in [0.05, 0.1) is 18.3 Å². The molecule has 0 fully saturated rings. The van der Waals surface area contributed by atoms with Crippen LogP contribution in [0.2, 0.25) is 0 Å². The molecule has 7 nitrogen and oxygen atoms in total. The number of carboxylic acid groups (broad SMARTS) is 1. The van der Waals surface area contributed by atoms with Crippen LogP contribution in [-0.4, -0.2) is 43.8 Å². The number of carbonyl (C=O) groups is 1. The minimum Gasteiger partial charge on any atom is -0.477 e. The van der Waals surface area contributed by atoms with Gasteiger partial charge in [-0.15, -0.1) is 0 Å². The van der Waals surface area contributed by atoms with E-state index in [0.29, 0.717) is 17.2 Å². The Morgan fingerprint density at radius 1 is 1.52 bits per heavy atom. The number of H-pyrrole nitrogens is 1. The number of aromatic carboxylic acids is 1. The molecule has 0 radical (unpaired) electrons. The van der Waals surface area contributed by atoms with Crippen molar-refractivity contribution in [2.75, 3.05) is 11.9 Å². The van der Waals surface area contributed by atoms with E-state index in [2.05, 4.69) is 20.3 Å². The molecule has 0 saturated heterocycles. The summed E-state index contributed by atoms with van der Waals surface area (Å²) >= 11 is 0. The maximum absolute atomic E-state index is 10.9. The van der Waals surface area contributed by atoms with Gasteiger partial charge in [-0.25, -0.2) is 14.8 Å². The predicted octanol–water partition coefficient (Wildman–Crippen LogP) is 1.66. The molecule has 0 saturated carbocycles. The van der Waals surface area contributed by atoms with Crippen molar-refractivity contribution in [2.24, 2.45) is 0 Å². The van der Waals surface area contributed by atoms with Crippen molar-refractivity contribution in [1.82, 2.24) is 15.0 Å². The van der Waals surface area contributed by atoms with E-state index in [1.54, 1.807) is 12.4 Å². The first kappa shape index (κ1) is 15.0. The second-order valence-electron chi connectivity index (χ2n) is 4.76. The SMILES string of the molecule is CC[C@@H](CO)Nc1ncc(C)c(-c2c[nH]c(C(=O)O)c2)n1. The van der Waals surface area contributed by atoms with Gasteiger partial charge in [0.15, 0.2) is 0 Å². The van der Waals surface area contributed by atoms with Gasteiger partial charge in [0, 0.05) is 18.0 Å². The van der Waals surface area contributed by atoms with Crippen LogP contribution < -0.4 is 5.32 Å². The van der Waals surface area contributed by atoms with Crippen molar-refractivity contribution in [3.8, 4) is 11.3 Å². The first-order valence-corrected chi connectivity index (χ1v) is 6.68. The predicted molar refractivity (Wildman–Crippen MR) is 78.3 cm³/mol. The Bertz CT molecular complexity index is 635. The number of hydrogen-bond acceptors (Lipinski definition) is 5. The molecule has 0 unspecified atom stereocenters. The fraction of sp³-hybridized carbons (Fsp3) is 0.357. The molecule has 0 bridgehead atoms. The number of hydrogen-bond donors (Lipinski definition) is 4. The lowest BCUT2D eigenvalue weighted by atomic mass is 10.1. The standard InChI is InChI=1S/C14H18N4O3/c1-3-10(7-19)17-14-16-5-8(2)12(18-14)9-4-11(13(20)21)15-6-9/h4-6,10,15,19H,3,7H2,1-2H3,(H,20,21)(H,16,17,18)/t10-/m0/s1. The van der Waals surface area contributed by atoms with Gasteiger partial charge in [0.2, 0.25) is 5.95 Å². The second kappa shape index (κ2) is 6.36. The largest absolute Gasteiger partial charge is 0.477 e. The molecule has 2 aromatic rings. The van der Waals surface area contributed by atoms with Crippen molar-refractivity contribution >= 4 is 11.9 Å². The van der Waals surface area contributed by atoms with Crippen LogP contribution in [0.3, 0.4) is 0 Å². The van der Waals surface area contributed by atoms with Crippen LogP contribution in [0.25, 0.3) is 11.3 Å². The average Bonchev–Trinajstić information content (AvgIpc) is 2.96. The molecule has 7 heteroatoms. The summed E-state index contributed by atoms with van der Waals surface area (Å²) in [7, 11) is 0. The van der Waals surface area contributed by atoms with E-state index >= 15 is 0 Å². The number of aliphatic hydroxyl groups excluding tert-OH is 1. The summed E-state index contributed by atoms with van der Waals surface area (Å²) in [4.78, 5) is 22.2. The highest BCUT2D eigenvalue weighted by molar-refractivity contribution is 5.87. The van der Waals surface area contributed by atoms with Crippen LogP contribution in [-0.2, 0) is 0 Å². The fourth-order valence-corrected chi connectivity index (χ4v) is 1.92. The quantitative estimate of drug-likeness (QED) is 0.644. The zero-order chi connectivity index (χ0) is 15.4. The van der Waals surface area contributed by atoms with Gasteiger partial charge in [-0.3, -0.25) is 0 Å². The Morgan fingerprint density at radius 3 is 2.86 bits per heavy atom. The van der Waals surface area contributed by atoms with Gasteiger partial charge < -0.3 is 20.5 Å². The Morgan fingerprint density at radius 2 is 2.29 bits per heavy atom. The van der Waals surface area contributed by atoms with Crippen molar-refractivity contribution in [3.05, 3.63) is 29.7 Å². The third-order valence-electron chi connectivity index (χ3n) is 3.20. The summed E-state index contributed by atoms with van der Waals surface area (Å²) in [5.74, 6) is -0.604. The normalized spacial score (nSPS) is 12.1. The first-order valence-electron chi connectivity index (χ1n) is 6.68. The van der Waals surface area contributed by atoms with E-state index in [9.17, 15) is 9.90 Å². The molecule has 0 aliphatic heterocycles. The number of aryl methyl sites for hydroxylation is 1. The maximum Gasteiger partial charge on any atom is 0.352 e. The average molecular weight is 290 g/mol. The molecule has 0 spiro atoms. The maximum atomic E-state index is 10.9. The number of anilines is 1. The summed E-state index contributed by atoms with van der Waals surface area (Å²) in [5.41, 5.74) is 2.30. The van der Waals surface area contributed by atoms with Gasteiger partial charge in [-0.2, -0.15) is 0 Å². The van der Waals surface area contributed by atoms with Crippen LogP contribution in [0.1, 0.15) is 29.4 Å². The zero-order valence-corrected chi connectivity index (χ0v) is 11.9. The Balaban J connectivity index is 2.32. The van der Waals surface area contributed by atoms with Gasteiger partial charge in [0.1, 0.15) is 5.69 Å². The first-order chi connectivity index (χ1) is 10.0. The fourth-order valence-electron chi connectivity index (χ4n) is 1.92. The number of aliphatic hydroxyl groups is 1. The molecule has 0 aromatic carbocycles. The Kier molecular flexibility index (Phi) is 4.54. The zero-order valence-electron chi connectivity index (χ0n) is 11.9. The van der Waals surface area contributed by atoms with Crippen molar-refractivity contribution < 1.29 is 15.0 Å². The molecular formula is C14H18N4O3. The minimum atomic E-state index is -1.02. The third kappa shape index (κ3) is 3.38. The summed E-state index contributed by atoms with van der Waals surface area (Å²) in [6.07, 6.45) is 4.02. The van der Waals surface area contributed by atoms with Gasteiger partial charge >= 0.3 is 5.97 Å². The minimum absolute atomic E-state index is 0.00358. The highest BCUT2D eigenvalue weighted by atomic mass is 16.4. The van der Waals surface area contributed by atoms with E-state index < -0.39 is 5.97 Å².